The fraction of sp³-hybridized carbons (Fsp3) is 0.571. The molecule has 1 heterocycles. The van der Waals surface area contributed by atoms with Crippen molar-refractivity contribution >= 4 is 29.6 Å². The van der Waals surface area contributed by atoms with Crippen molar-refractivity contribution in [2.75, 3.05) is 13.1 Å². The van der Waals surface area contributed by atoms with E-state index in [4.69, 9.17) is 8.42 Å². The van der Waals surface area contributed by atoms with Gasteiger partial charge in [0.25, 0.3) is 0 Å². The minimum absolute atomic E-state index is 0.0417. The molecule has 21 heavy (non-hydrogen) atoms. The average molecular weight is 356 g/mol. The Kier molecular flexibility index (Phi) is 7.95. The summed E-state index contributed by atoms with van der Waals surface area (Å²) < 4.78 is 32.1. The van der Waals surface area contributed by atoms with Crippen molar-refractivity contribution < 1.29 is 12.8 Å². The zero-order chi connectivity index (χ0) is 15.9. The molecule has 2 unspecified atom stereocenters. The van der Waals surface area contributed by atoms with Crippen LogP contribution in [0.4, 0.5) is 4.39 Å². The zero-order valence-electron chi connectivity index (χ0n) is 11.9. The number of hydrogen-bond acceptors (Lipinski definition) is 3. The molecule has 2 rings (SSSR count). The highest BCUT2D eigenvalue weighted by molar-refractivity contribution is 8.31. The highest BCUT2D eigenvalue weighted by atomic mass is 36.0. The minimum Gasteiger partial charge on any atom is -0.316 e. The quantitative estimate of drug-likeness (QED) is 0.832. The second kappa shape index (κ2) is 8.93. The smallest absolute Gasteiger partial charge is 0.316 e. The lowest BCUT2D eigenvalue weighted by Crippen LogP contribution is -2.33. The fourth-order valence-electron chi connectivity index (χ4n) is 2.81. The molecular weight excluding hydrogens is 336 g/mol. The van der Waals surface area contributed by atoms with Crippen LogP contribution in [0.15, 0.2) is 24.3 Å². The first kappa shape index (κ1) is 18.7. The molecular formula is C14H20Cl2FNO2S. The van der Waals surface area contributed by atoms with E-state index in [0.29, 0.717) is 11.8 Å². The van der Waals surface area contributed by atoms with E-state index in [-0.39, 0.29) is 5.82 Å². The highest BCUT2D eigenvalue weighted by Gasteiger charge is 2.25. The maximum atomic E-state index is 13.8. The molecule has 0 aliphatic carbocycles. The van der Waals surface area contributed by atoms with Crippen LogP contribution in [0.1, 0.15) is 37.7 Å². The monoisotopic (exact) mass is 355 g/mol. The summed E-state index contributed by atoms with van der Waals surface area (Å²) in [6, 6.07) is 7.23. The summed E-state index contributed by atoms with van der Waals surface area (Å²) in [4.78, 5) is 0. The molecule has 120 valence electrons. The molecule has 1 aromatic carbocycles. The third-order valence-electron chi connectivity index (χ3n) is 3.65. The maximum Gasteiger partial charge on any atom is 0.317 e. The van der Waals surface area contributed by atoms with Crippen molar-refractivity contribution in [3.63, 3.8) is 0 Å². The van der Waals surface area contributed by atoms with Gasteiger partial charge in [0.2, 0.25) is 0 Å². The first-order valence-electron chi connectivity index (χ1n) is 6.92. The lowest BCUT2D eigenvalue weighted by molar-refractivity contribution is 0.311. The molecule has 0 saturated carbocycles. The Balaban J connectivity index is 0.000000383. The van der Waals surface area contributed by atoms with Crippen molar-refractivity contribution in [3.8, 4) is 0 Å². The van der Waals surface area contributed by atoms with E-state index >= 15 is 0 Å². The summed E-state index contributed by atoms with van der Waals surface area (Å²) in [6.07, 6.45) is 3.46. The Morgan fingerprint density at radius 1 is 1.38 bits per heavy atom. The number of piperidine rings is 1. The van der Waals surface area contributed by atoms with Crippen molar-refractivity contribution in [3.05, 3.63) is 35.6 Å². The van der Waals surface area contributed by atoms with E-state index in [9.17, 15) is 4.39 Å². The minimum atomic E-state index is -3.72. The van der Waals surface area contributed by atoms with Crippen LogP contribution in [-0.4, -0.2) is 21.5 Å². The summed E-state index contributed by atoms with van der Waals surface area (Å²) in [5.74, 6) is 0.921. The molecule has 0 amide bonds. The zero-order valence-corrected chi connectivity index (χ0v) is 14.2. The lowest BCUT2D eigenvalue weighted by atomic mass is 9.80. The van der Waals surface area contributed by atoms with Crippen molar-refractivity contribution in [1.29, 1.82) is 0 Å². The molecule has 1 saturated heterocycles. The number of halogens is 3. The van der Waals surface area contributed by atoms with Crippen LogP contribution in [-0.2, 0) is 8.26 Å². The molecule has 0 radical (unpaired) electrons. The predicted octanol–water partition coefficient (Wildman–Crippen LogP) is 4.03. The Morgan fingerprint density at radius 2 is 2.00 bits per heavy atom. The van der Waals surface area contributed by atoms with Crippen LogP contribution in [0.25, 0.3) is 0 Å². The number of benzene rings is 1. The number of nitrogens with one attached hydrogen (secondary N) is 1. The van der Waals surface area contributed by atoms with Gasteiger partial charge >= 0.3 is 8.26 Å². The van der Waals surface area contributed by atoms with Crippen molar-refractivity contribution in [2.45, 2.75) is 32.1 Å². The van der Waals surface area contributed by atoms with Gasteiger partial charge in [0.05, 0.1) is 0 Å². The Hall–Kier alpha value is -0.360. The predicted molar refractivity (Wildman–Crippen MR) is 85.7 cm³/mol. The van der Waals surface area contributed by atoms with E-state index in [1.165, 1.54) is 12.8 Å². The third kappa shape index (κ3) is 7.45. The Labute approximate surface area is 134 Å². The average Bonchev–Trinajstić information content (AvgIpc) is 2.41. The summed E-state index contributed by atoms with van der Waals surface area (Å²) in [5, 5.41) is 3.42. The Morgan fingerprint density at radius 3 is 2.48 bits per heavy atom. The standard InChI is InChI=1S/C14H20FN.Cl2O2S/c1-2-12(11-6-5-9-16-10-11)13-7-3-4-8-14(13)15;1-5(2,3)4/h3-4,7-8,11-12,16H,2,5-6,9-10H2,1H3;. The first-order valence-corrected chi connectivity index (χ1v) is 10.1. The van der Waals surface area contributed by atoms with E-state index in [1.807, 2.05) is 12.1 Å². The molecule has 0 bridgehead atoms. The summed E-state index contributed by atoms with van der Waals surface area (Å²) >= 11 is 0. The molecule has 3 nitrogen and oxygen atoms in total. The van der Waals surface area contributed by atoms with Gasteiger partial charge in [0, 0.05) is 21.4 Å². The molecule has 1 aliphatic rings. The molecule has 2 atom stereocenters. The lowest BCUT2D eigenvalue weighted by Gasteiger charge is -2.30. The van der Waals surface area contributed by atoms with Crippen LogP contribution in [0.5, 0.6) is 0 Å². The molecule has 0 spiro atoms. The number of rotatable bonds is 3. The highest BCUT2D eigenvalue weighted by Crippen LogP contribution is 2.33. The summed E-state index contributed by atoms with van der Waals surface area (Å²) in [7, 11) is 4.81. The fourth-order valence-corrected chi connectivity index (χ4v) is 2.81. The first-order chi connectivity index (χ1) is 9.83. The van der Waals surface area contributed by atoms with Crippen LogP contribution < -0.4 is 5.32 Å². The molecule has 7 heteroatoms. The van der Waals surface area contributed by atoms with Gasteiger partial charge in [-0.15, -0.1) is 0 Å². The van der Waals surface area contributed by atoms with Crippen LogP contribution in [0, 0.1) is 11.7 Å². The topological polar surface area (TPSA) is 46.2 Å². The van der Waals surface area contributed by atoms with Gasteiger partial charge in [0.1, 0.15) is 5.82 Å². The maximum absolute atomic E-state index is 13.8. The van der Waals surface area contributed by atoms with Gasteiger partial charge in [-0.05, 0) is 55.8 Å². The van der Waals surface area contributed by atoms with Gasteiger partial charge in [0.15, 0.2) is 0 Å². The SMILES string of the molecule is CCC(c1ccccc1F)C1CCCNC1.O=S(=O)(Cl)Cl. The van der Waals surface area contributed by atoms with Gasteiger partial charge in [-0.2, -0.15) is 8.42 Å². The molecule has 1 aromatic rings. The normalized spacial score (nSPS) is 20.3. The molecule has 0 aromatic heterocycles. The molecule has 1 fully saturated rings. The van der Waals surface area contributed by atoms with Crippen LogP contribution in [0.2, 0.25) is 0 Å². The Bertz CT molecular complexity index is 526. The second-order valence-corrected chi connectivity index (χ2v) is 8.69. The largest absolute Gasteiger partial charge is 0.317 e. The van der Waals surface area contributed by atoms with E-state index in [0.717, 1.165) is 25.1 Å². The molecule has 1 aliphatic heterocycles. The van der Waals surface area contributed by atoms with Gasteiger partial charge in [-0.3, -0.25) is 0 Å². The van der Waals surface area contributed by atoms with Gasteiger partial charge < -0.3 is 5.32 Å². The van der Waals surface area contributed by atoms with Crippen molar-refractivity contribution in [1.82, 2.24) is 5.32 Å². The van der Waals surface area contributed by atoms with Crippen LogP contribution in [0.3, 0.4) is 0 Å². The van der Waals surface area contributed by atoms with Gasteiger partial charge in [-0.25, -0.2) is 4.39 Å². The van der Waals surface area contributed by atoms with Crippen molar-refractivity contribution in [2.24, 2.45) is 5.92 Å². The van der Waals surface area contributed by atoms with E-state index in [2.05, 4.69) is 33.6 Å². The van der Waals surface area contributed by atoms with Gasteiger partial charge in [-0.1, -0.05) is 25.1 Å². The van der Waals surface area contributed by atoms with E-state index < -0.39 is 8.26 Å². The summed E-state index contributed by atoms with van der Waals surface area (Å²) in [6.45, 7) is 4.31. The molecule has 1 N–H and O–H groups in total. The summed E-state index contributed by atoms with van der Waals surface area (Å²) in [5.41, 5.74) is 0.902. The third-order valence-corrected chi connectivity index (χ3v) is 3.65. The second-order valence-electron chi connectivity index (χ2n) is 5.02. The van der Waals surface area contributed by atoms with E-state index in [1.54, 1.807) is 12.1 Å². The number of hydrogen-bond donors (Lipinski definition) is 1. The van der Waals surface area contributed by atoms with Crippen LogP contribution >= 0.6 is 21.4 Å².